The first-order chi connectivity index (χ1) is 8.06. The van der Waals surface area contributed by atoms with Crippen molar-refractivity contribution >= 4 is 24.2 Å². The fourth-order valence-corrected chi connectivity index (χ4v) is 9.88. The molecule has 0 aliphatic rings. The zero-order chi connectivity index (χ0) is 14.2. The Kier molecular flexibility index (Phi) is 4.57. The Labute approximate surface area is 118 Å². The van der Waals surface area contributed by atoms with Gasteiger partial charge in [0.25, 0.3) is 0 Å². The predicted molar refractivity (Wildman–Crippen MR) is 87.4 cm³/mol. The zero-order valence-electron chi connectivity index (χ0n) is 12.7. The Morgan fingerprint density at radius 2 is 1.28 bits per heavy atom. The van der Waals surface area contributed by atoms with Crippen molar-refractivity contribution in [1.29, 1.82) is 0 Å². The van der Waals surface area contributed by atoms with Crippen LogP contribution in [0.3, 0.4) is 0 Å². The van der Waals surface area contributed by atoms with Crippen molar-refractivity contribution in [3.63, 3.8) is 0 Å². The number of benzene rings is 1. The summed E-state index contributed by atoms with van der Waals surface area (Å²) in [5, 5.41) is 1.74. The average molecular weight is 285 g/mol. The molecular weight excluding hydrogens is 259 g/mol. The highest BCUT2D eigenvalue weighted by Gasteiger charge is 2.51. The summed E-state index contributed by atoms with van der Waals surface area (Å²) in [6.07, 6.45) is 0. The number of aryl methyl sites for hydroxylation is 1. The number of hydrogen-bond acceptors (Lipinski definition) is 0. The van der Waals surface area contributed by atoms with Crippen LogP contribution >= 0.6 is 18.9 Å². The fraction of sp³-hybridized carbons (Fsp3) is 0.562. The molecule has 0 N–H and O–H groups in total. The van der Waals surface area contributed by atoms with Crippen LogP contribution in [-0.2, 0) is 0 Å². The maximum absolute atomic E-state index is 6.39. The maximum atomic E-state index is 6.39. The van der Waals surface area contributed by atoms with E-state index in [1.807, 2.05) is 5.62 Å². The van der Waals surface area contributed by atoms with E-state index in [9.17, 15) is 0 Å². The summed E-state index contributed by atoms with van der Waals surface area (Å²) in [5.41, 5.74) is 3.28. The van der Waals surface area contributed by atoms with E-state index >= 15 is 0 Å². The van der Waals surface area contributed by atoms with Gasteiger partial charge in [-0.2, -0.15) is 0 Å². The molecule has 0 fully saturated rings. The minimum Gasteiger partial charge on any atom is -0.304 e. The third-order valence-corrected chi connectivity index (χ3v) is 10.2. The molecule has 0 saturated carbocycles. The summed E-state index contributed by atoms with van der Waals surface area (Å²) in [7, 11) is -1.58. The summed E-state index contributed by atoms with van der Waals surface area (Å²) in [6, 6.07) is 8.92. The van der Waals surface area contributed by atoms with Crippen molar-refractivity contribution in [2.24, 2.45) is 0 Å². The molecule has 0 radical (unpaired) electrons. The van der Waals surface area contributed by atoms with Crippen molar-refractivity contribution in [1.82, 2.24) is 0 Å². The van der Waals surface area contributed by atoms with E-state index in [0.717, 1.165) is 0 Å². The first-order valence-corrected chi connectivity index (χ1v) is 8.76. The Bertz CT molecular complexity index is 379. The van der Waals surface area contributed by atoms with Crippen LogP contribution in [0.2, 0.25) is 0 Å². The van der Waals surface area contributed by atoms with Crippen LogP contribution in [0.4, 0.5) is 0 Å². The lowest BCUT2D eigenvalue weighted by Crippen LogP contribution is -2.39. The van der Waals surface area contributed by atoms with Gasteiger partial charge in [0, 0.05) is 0 Å². The van der Waals surface area contributed by atoms with E-state index in [4.69, 9.17) is 11.6 Å². The second-order valence-corrected chi connectivity index (χ2v) is 12.4. The van der Waals surface area contributed by atoms with E-state index < -0.39 is 7.26 Å². The van der Waals surface area contributed by atoms with Gasteiger partial charge in [0.1, 0.15) is 0 Å². The van der Waals surface area contributed by atoms with Gasteiger partial charge in [0.15, 0.2) is 0 Å². The standard InChI is InChI=1S/C16H26ClP/c1-13-8-10-14(11-9-13)18(12-17,15(2,3)4)16(5,6)7/h8-12H,1-7H3. The largest absolute Gasteiger partial charge is 0.304 e. The molecule has 18 heavy (non-hydrogen) atoms. The van der Waals surface area contributed by atoms with Gasteiger partial charge < -0.3 is 11.6 Å². The Balaban J connectivity index is 3.51. The summed E-state index contributed by atoms with van der Waals surface area (Å²) in [6.45, 7) is 16.0. The van der Waals surface area contributed by atoms with E-state index in [1.54, 1.807) is 0 Å². The topological polar surface area (TPSA) is 0 Å². The monoisotopic (exact) mass is 284 g/mol. The van der Waals surface area contributed by atoms with Gasteiger partial charge in [-0.1, -0.05) is 30.6 Å². The zero-order valence-corrected chi connectivity index (χ0v) is 14.4. The Hall–Kier alpha value is -0.0600. The highest BCUT2D eigenvalue weighted by atomic mass is 35.5. The molecule has 1 rings (SSSR count). The molecule has 0 spiro atoms. The predicted octanol–water partition coefficient (Wildman–Crippen LogP) is 5.59. The third-order valence-electron chi connectivity index (χ3n) is 3.70. The van der Waals surface area contributed by atoms with Crippen LogP contribution in [0, 0.1) is 12.5 Å². The Morgan fingerprint density at radius 1 is 0.889 bits per heavy atom. The lowest BCUT2D eigenvalue weighted by atomic mass is 10.2. The van der Waals surface area contributed by atoms with E-state index in [0.29, 0.717) is 0 Å². The molecule has 0 nitrogen and oxygen atoms in total. The number of hydrogen-bond donors (Lipinski definition) is 0. The lowest BCUT2D eigenvalue weighted by Gasteiger charge is -2.52. The molecule has 102 valence electrons. The second-order valence-electron chi connectivity index (χ2n) is 7.00. The molecule has 1 aromatic carbocycles. The normalized spacial score (nSPS) is 13.8. The molecule has 0 unspecified atom stereocenters. The summed E-state index contributed by atoms with van der Waals surface area (Å²) in [4.78, 5) is 0. The third kappa shape index (κ3) is 2.61. The minimum atomic E-state index is -1.58. The molecule has 0 aliphatic heterocycles. The molecule has 0 amide bonds. The Morgan fingerprint density at radius 3 is 1.56 bits per heavy atom. The number of halogens is 1. The van der Waals surface area contributed by atoms with Crippen LogP contribution in [0.15, 0.2) is 24.3 Å². The quantitative estimate of drug-likeness (QED) is 0.490. The highest BCUT2D eigenvalue weighted by Crippen LogP contribution is 2.78. The van der Waals surface area contributed by atoms with Crippen molar-refractivity contribution in [3.8, 4) is 0 Å². The van der Waals surface area contributed by atoms with Gasteiger partial charge in [-0.15, -0.1) is 0 Å². The van der Waals surface area contributed by atoms with Crippen LogP contribution in [0.25, 0.3) is 0 Å². The second kappa shape index (κ2) is 5.14. The smallest absolute Gasteiger partial charge is 0.0669 e. The molecule has 0 heterocycles. The fourth-order valence-electron chi connectivity index (χ4n) is 2.91. The van der Waals surface area contributed by atoms with Crippen LogP contribution in [0.5, 0.6) is 0 Å². The molecule has 1 aromatic rings. The summed E-state index contributed by atoms with van der Waals surface area (Å²) >= 11 is 6.39. The average Bonchev–Trinajstić information content (AvgIpc) is 2.18. The molecule has 0 atom stereocenters. The molecule has 0 bridgehead atoms. The van der Waals surface area contributed by atoms with Gasteiger partial charge >= 0.3 is 0 Å². The van der Waals surface area contributed by atoms with E-state index in [-0.39, 0.29) is 10.3 Å². The van der Waals surface area contributed by atoms with Crippen LogP contribution in [-0.4, -0.2) is 10.3 Å². The van der Waals surface area contributed by atoms with Crippen molar-refractivity contribution < 1.29 is 0 Å². The lowest BCUT2D eigenvalue weighted by molar-refractivity contribution is 0.701. The van der Waals surface area contributed by atoms with Gasteiger partial charge in [0.2, 0.25) is 0 Å². The molecule has 2 heteroatoms. The maximum Gasteiger partial charge on any atom is 0.0669 e. The number of rotatable bonds is 2. The van der Waals surface area contributed by atoms with Gasteiger partial charge in [-0.3, -0.25) is 0 Å². The minimum absolute atomic E-state index is 0.169. The summed E-state index contributed by atoms with van der Waals surface area (Å²) in [5.74, 6) is 0. The first kappa shape index (κ1) is 16.0. The molecule has 0 aromatic heterocycles. The van der Waals surface area contributed by atoms with Crippen LogP contribution in [0.1, 0.15) is 47.1 Å². The van der Waals surface area contributed by atoms with Crippen LogP contribution < -0.4 is 5.30 Å². The first-order valence-electron chi connectivity index (χ1n) is 6.47. The van der Waals surface area contributed by atoms with E-state index in [1.165, 1.54) is 10.9 Å². The molecule has 0 aliphatic carbocycles. The van der Waals surface area contributed by atoms with Crippen molar-refractivity contribution in [2.45, 2.75) is 58.8 Å². The highest BCUT2D eigenvalue weighted by molar-refractivity contribution is 7.88. The molecule has 0 saturated heterocycles. The summed E-state index contributed by atoms with van der Waals surface area (Å²) < 4.78 is 0. The van der Waals surface area contributed by atoms with Gasteiger partial charge in [0.05, 0.1) is 15.6 Å². The SMILES string of the molecule is Cc1ccc([P+]([CH-]Cl)(C(C)(C)C)C(C)(C)C)cc1. The van der Waals surface area contributed by atoms with Crippen molar-refractivity contribution in [3.05, 3.63) is 35.5 Å². The van der Waals surface area contributed by atoms with Gasteiger partial charge in [-0.05, 0) is 60.6 Å². The van der Waals surface area contributed by atoms with E-state index in [2.05, 4.69) is 72.7 Å². The molecular formula is C16H26ClP. The van der Waals surface area contributed by atoms with Gasteiger partial charge in [-0.25, -0.2) is 0 Å². The van der Waals surface area contributed by atoms with Crippen molar-refractivity contribution in [2.75, 3.05) is 0 Å².